The molecule has 0 spiro atoms. The van der Waals surface area contributed by atoms with Gasteiger partial charge in [0, 0.05) is 6.54 Å². The fraction of sp³-hybridized carbons (Fsp3) is 0.882. The number of hydrogen-bond donors (Lipinski definition) is 1. The number of rotatable bonds is 6. The predicted octanol–water partition coefficient (Wildman–Crippen LogP) is 2.72. The van der Waals surface area contributed by atoms with Crippen LogP contribution in [0.4, 0.5) is 0 Å². The van der Waals surface area contributed by atoms with Gasteiger partial charge >= 0.3 is 0 Å². The highest BCUT2D eigenvalue weighted by molar-refractivity contribution is 6.02. The Kier molecular flexibility index (Phi) is 4.36. The van der Waals surface area contributed by atoms with Crippen LogP contribution in [0.15, 0.2) is 0 Å². The molecule has 120 valence electrons. The SMILES string of the molecule is CCC(C)CN1C(=O)C(C)(C2CC2)NC(=O)C1(CC)CC. The lowest BCUT2D eigenvalue weighted by atomic mass is 9.79. The maximum absolute atomic E-state index is 13.2. The van der Waals surface area contributed by atoms with Crippen LogP contribution >= 0.6 is 0 Å². The van der Waals surface area contributed by atoms with Crippen molar-refractivity contribution >= 4 is 11.8 Å². The first-order chi connectivity index (χ1) is 9.85. The average molecular weight is 294 g/mol. The molecule has 1 N–H and O–H groups in total. The van der Waals surface area contributed by atoms with E-state index in [0.717, 1.165) is 19.3 Å². The minimum absolute atomic E-state index is 0.0461. The molecule has 4 nitrogen and oxygen atoms in total. The van der Waals surface area contributed by atoms with Gasteiger partial charge in [-0.15, -0.1) is 0 Å². The number of carbonyl (C=O) groups is 2. The summed E-state index contributed by atoms with van der Waals surface area (Å²) in [5.41, 5.74) is -1.34. The van der Waals surface area contributed by atoms with Crippen molar-refractivity contribution in [3.63, 3.8) is 0 Å². The molecule has 2 rings (SSSR count). The maximum Gasteiger partial charge on any atom is 0.249 e. The molecule has 1 saturated heterocycles. The van der Waals surface area contributed by atoms with E-state index in [1.165, 1.54) is 0 Å². The first-order valence-corrected chi connectivity index (χ1v) is 8.50. The van der Waals surface area contributed by atoms with Gasteiger partial charge in [-0.3, -0.25) is 9.59 Å². The highest BCUT2D eigenvalue weighted by atomic mass is 16.2. The number of nitrogens with zero attached hydrogens (tertiary/aromatic N) is 1. The predicted molar refractivity (Wildman–Crippen MR) is 83.8 cm³/mol. The van der Waals surface area contributed by atoms with Gasteiger partial charge in [-0.1, -0.05) is 34.1 Å². The highest BCUT2D eigenvalue weighted by Gasteiger charge is 2.59. The molecule has 0 bridgehead atoms. The van der Waals surface area contributed by atoms with Crippen molar-refractivity contribution in [2.24, 2.45) is 11.8 Å². The second-order valence-electron chi connectivity index (χ2n) is 7.10. The zero-order chi connectivity index (χ0) is 15.8. The Labute approximate surface area is 128 Å². The number of nitrogens with one attached hydrogen (secondary N) is 1. The van der Waals surface area contributed by atoms with Gasteiger partial charge in [-0.25, -0.2) is 0 Å². The lowest BCUT2D eigenvalue weighted by Gasteiger charge is -2.52. The molecule has 21 heavy (non-hydrogen) atoms. The van der Waals surface area contributed by atoms with Crippen LogP contribution in [0.1, 0.15) is 66.7 Å². The van der Waals surface area contributed by atoms with Gasteiger partial charge < -0.3 is 10.2 Å². The summed E-state index contributed by atoms with van der Waals surface area (Å²) in [6.07, 6.45) is 4.47. The molecule has 2 amide bonds. The lowest BCUT2D eigenvalue weighted by Crippen LogP contribution is -2.75. The van der Waals surface area contributed by atoms with Crippen LogP contribution in [0.3, 0.4) is 0 Å². The van der Waals surface area contributed by atoms with E-state index in [9.17, 15) is 9.59 Å². The van der Waals surface area contributed by atoms with Crippen molar-refractivity contribution < 1.29 is 9.59 Å². The van der Waals surface area contributed by atoms with E-state index in [-0.39, 0.29) is 11.8 Å². The third-order valence-corrected chi connectivity index (χ3v) is 5.76. The summed E-state index contributed by atoms with van der Waals surface area (Å²) in [4.78, 5) is 27.9. The molecular formula is C17H30N2O2. The Morgan fingerprint density at radius 3 is 2.24 bits per heavy atom. The summed E-state index contributed by atoms with van der Waals surface area (Å²) >= 11 is 0. The van der Waals surface area contributed by atoms with Gasteiger partial charge in [0.1, 0.15) is 11.1 Å². The van der Waals surface area contributed by atoms with Crippen LogP contribution in [-0.2, 0) is 9.59 Å². The zero-order valence-corrected chi connectivity index (χ0v) is 14.2. The van der Waals surface area contributed by atoms with Gasteiger partial charge in [-0.05, 0) is 44.4 Å². The topological polar surface area (TPSA) is 49.4 Å². The minimum Gasteiger partial charge on any atom is -0.340 e. The summed E-state index contributed by atoms with van der Waals surface area (Å²) in [5.74, 6) is 0.916. The van der Waals surface area contributed by atoms with Crippen LogP contribution in [0, 0.1) is 11.8 Å². The summed E-state index contributed by atoms with van der Waals surface area (Å²) in [6.45, 7) is 10.9. The monoisotopic (exact) mass is 294 g/mol. The molecular weight excluding hydrogens is 264 g/mol. The smallest absolute Gasteiger partial charge is 0.249 e. The number of carbonyl (C=O) groups excluding carboxylic acids is 2. The molecule has 2 atom stereocenters. The van der Waals surface area contributed by atoms with E-state index in [1.54, 1.807) is 0 Å². The van der Waals surface area contributed by atoms with Crippen LogP contribution in [-0.4, -0.2) is 34.3 Å². The van der Waals surface area contributed by atoms with E-state index >= 15 is 0 Å². The molecule has 1 heterocycles. The summed E-state index contributed by atoms with van der Waals surface area (Å²) < 4.78 is 0. The number of piperazine rings is 1. The van der Waals surface area contributed by atoms with Crippen molar-refractivity contribution in [1.82, 2.24) is 10.2 Å². The second kappa shape index (κ2) is 5.62. The molecule has 1 aliphatic heterocycles. The Bertz CT molecular complexity index is 427. The lowest BCUT2D eigenvalue weighted by molar-refractivity contribution is -0.165. The van der Waals surface area contributed by atoms with Crippen LogP contribution in [0.5, 0.6) is 0 Å². The third-order valence-electron chi connectivity index (χ3n) is 5.76. The van der Waals surface area contributed by atoms with Crippen LogP contribution < -0.4 is 5.32 Å². The normalized spacial score (nSPS) is 30.2. The van der Waals surface area contributed by atoms with E-state index in [2.05, 4.69) is 19.2 Å². The van der Waals surface area contributed by atoms with E-state index in [1.807, 2.05) is 25.7 Å². The number of hydrogen-bond acceptors (Lipinski definition) is 2. The summed E-state index contributed by atoms with van der Waals surface area (Å²) in [7, 11) is 0. The standard InChI is InChI=1S/C17H30N2O2/c1-6-12(4)11-19-15(21)16(5,13-9-10-13)18-14(20)17(19,7-2)8-3/h12-13H,6-11H2,1-5H3,(H,18,20). The van der Waals surface area contributed by atoms with E-state index in [0.29, 0.717) is 31.2 Å². The molecule has 2 aliphatic rings. The van der Waals surface area contributed by atoms with Crippen molar-refractivity contribution in [3.05, 3.63) is 0 Å². The Morgan fingerprint density at radius 2 is 1.81 bits per heavy atom. The fourth-order valence-corrected chi connectivity index (χ4v) is 3.59. The average Bonchev–Trinajstić information content (AvgIpc) is 3.30. The summed E-state index contributed by atoms with van der Waals surface area (Å²) in [5, 5.41) is 3.09. The molecule has 0 aromatic heterocycles. The van der Waals surface area contributed by atoms with Crippen LogP contribution in [0.2, 0.25) is 0 Å². The molecule has 0 radical (unpaired) electrons. The third kappa shape index (κ3) is 2.47. The fourth-order valence-electron chi connectivity index (χ4n) is 3.59. The van der Waals surface area contributed by atoms with Gasteiger partial charge in [0.05, 0.1) is 0 Å². The molecule has 0 aromatic rings. The van der Waals surface area contributed by atoms with Gasteiger partial charge in [0.15, 0.2) is 0 Å². The van der Waals surface area contributed by atoms with E-state index in [4.69, 9.17) is 0 Å². The molecule has 0 aromatic carbocycles. The van der Waals surface area contributed by atoms with Crippen LogP contribution in [0.25, 0.3) is 0 Å². The zero-order valence-electron chi connectivity index (χ0n) is 14.2. The molecule has 1 saturated carbocycles. The van der Waals surface area contributed by atoms with Crippen molar-refractivity contribution in [1.29, 1.82) is 0 Å². The molecule has 1 aliphatic carbocycles. The van der Waals surface area contributed by atoms with Gasteiger partial charge in [-0.2, -0.15) is 0 Å². The number of amides is 2. The quantitative estimate of drug-likeness (QED) is 0.819. The second-order valence-corrected chi connectivity index (χ2v) is 7.10. The Morgan fingerprint density at radius 1 is 1.24 bits per heavy atom. The first kappa shape index (κ1) is 16.3. The first-order valence-electron chi connectivity index (χ1n) is 8.50. The molecule has 4 heteroatoms. The Hall–Kier alpha value is -1.06. The highest BCUT2D eigenvalue weighted by Crippen LogP contribution is 2.45. The van der Waals surface area contributed by atoms with Crippen molar-refractivity contribution in [2.45, 2.75) is 77.8 Å². The van der Waals surface area contributed by atoms with Gasteiger partial charge in [0.25, 0.3) is 0 Å². The largest absolute Gasteiger partial charge is 0.340 e. The molecule has 2 unspecified atom stereocenters. The van der Waals surface area contributed by atoms with Gasteiger partial charge in [0.2, 0.25) is 11.8 Å². The summed E-state index contributed by atoms with van der Waals surface area (Å²) in [6, 6.07) is 0. The minimum atomic E-state index is -0.682. The van der Waals surface area contributed by atoms with Crippen molar-refractivity contribution in [3.8, 4) is 0 Å². The van der Waals surface area contributed by atoms with Crippen molar-refractivity contribution in [2.75, 3.05) is 6.54 Å². The maximum atomic E-state index is 13.2. The Balaban J connectivity index is 2.38. The van der Waals surface area contributed by atoms with E-state index < -0.39 is 11.1 Å². The molecule has 2 fully saturated rings.